The molecule has 0 amide bonds. The number of methoxy groups -OCH3 is 1. The second kappa shape index (κ2) is 8.48. The van der Waals surface area contributed by atoms with Gasteiger partial charge in [0, 0.05) is 4.88 Å². The predicted octanol–water partition coefficient (Wildman–Crippen LogP) is 8.21. The van der Waals surface area contributed by atoms with Crippen LogP contribution in [-0.2, 0) is 0 Å². The van der Waals surface area contributed by atoms with Gasteiger partial charge in [0.2, 0.25) is 0 Å². The number of hydrogen-bond acceptors (Lipinski definition) is 3. The van der Waals surface area contributed by atoms with Gasteiger partial charge in [0.15, 0.2) is 0 Å². The monoisotopic (exact) mass is 492 g/mol. The number of alkyl halides is 6. The average Bonchev–Trinajstić information content (AvgIpc) is 3.18. The van der Waals surface area contributed by atoms with Crippen molar-refractivity contribution in [3.8, 4) is 16.2 Å². The molecule has 0 radical (unpaired) electrons. The van der Waals surface area contributed by atoms with Crippen molar-refractivity contribution in [1.82, 2.24) is 0 Å². The molecule has 1 saturated carbocycles. The van der Waals surface area contributed by atoms with Gasteiger partial charge in [0.05, 0.1) is 23.8 Å². The molecule has 3 rings (SSSR count). The first-order valence-corrected chi connectivity index (χ1v) is 10.9. The third kappa shape index (κ3) is 3.77. The van der Waals surface area contributed by atoms with E-state index >= 15 is 8.78 Å². The number of thiol groups is 1. The molecule has 32 heavy (non-hydrogen) atoms. The highest BCUT2D eigenvalue weighted by atomic mass is 32.1. The third-order valence-electron chi connectivity index (χ3n) is 5.44. The minimum absolute atomic E-state index is 0.121. The standard InChI is InChI=1S/C23H22F6OS2/c1-12(2)10-13(3)19(31)17-18(22(26,27)23(28,29)21(17,24)25)20-15(30-4)11-16(32-20)14-8-6-5-7-9-14/h5-11,17-18,31H,1-4H3/b19-13-. The fourth-order valence-corrected chi connectivity index (χ4v) is 5.63. The van der Waals surface area contributed by atoms with E-state index in [0.29, 0.717) is 16.0 Å². The normalized spacial score (nSPS) is 24.1. The molecule has 1 heterocycles. The lowest BCUT2D eigenvalue weighted by molar-refractivity contribution is -0.276. The molecule has 0 N–H and O–H groups in total. The summed E-state index contributed by atoms with van der Waals surface area (Å²) >= 11 is 4.81. The summed E-state index contributed by atoms with van der Waals surface area (Å²) in [6, 6.07) is 9.99. The maximum Gasteiger partial charge on any atom is 0.373 e. The lowest BCUT2D eigenvalue weighted by Gasteiger charge is -2.25. The lowest BCUT2D eigenvalue weighted by atomic mass is 9.88. The van der Waals surface area contributed by atoms with Crippen LogP contribution in [0, 0.1) is 5.92 Å². The molecule has 0 spiro atoms. The van der Waals surface area contributed by atoms with Gasteiger partial charge in [-0.1, -0.05) is 42.0 Å². The zero-order valence-corrected chi connectivity index (χ0v) is 19.4. The number of allylic oxidation sites excluding steroid dienone is 4. The van der Waals surface area contributed by atoms with E-state index in [2.05, 4.69) is 12.6 Å². The highest BCUT2D eigenvalue weighted by Gasteiger charge is 2.85. The van der Waals surface area contributed by atoms with Gasteiger partial charge < -0.3 is 4.74 Å². The van der Waals surface area contributed by atoms with Gasteiger partial charge in [-0.15, -0.1) is 24.0 Å². The topological polar surface area (TPSA) is 9.23 Å². The number of hydrogen-bond donors (Lipinski definition) is 1. The number of ether oxygens (including phenoxy) is 1. The van der Waals surface area contributed by atoms with Crippen LogP contribution in [0.3, 0.4) is 0 Å². The molecule has 0 bridgehead atoms. The van der Waals surface area contributed by atoms with E-state index in [1.165, 1.54) is 26.2 Å². The third-order valence-corrected chi connectivity index (χ3v) is 7.32. The van der Waals surface area contributed by atoms with E-state index in [1.807, 2.05) is 0 Å². The summed E-state index contributed by atoms with van der Waals surface area (Å²) in [7, 11) is 1.19. The van der Waals surface area contributed by atoms with Crippen molar-refractivity contribution in [2.24, 2.45) is 5.92 Å². The van der Waals surface area contributed by atoms with E-state index < -0.39 is 34.5 Å². The van der Waals surface area contributed by atoms with Gasteiger partial charge in [0.1, 0.15) is 5.75 Å². The fraction of sp³-hybridized carbons (Fsp3) is 0.391. The Hall–Kier alpha value is -1.87. The van der Waals surface area contributed by atoms with E-state index in [4.69, 9.17) is 4.74 Å². The molecule has 2 unspecified atom stereocenters. The Bertz CT molecular complexity index is 1050. The molecule has 9 heteroatoms. The summed E-state index contributed by atoms with van der Waals surface area (Å²) in [5, 5.41) is 0. The molecule has 1 fully saturated rings. The molecule has 2 aromatic rings. The Morgan fingerprint density at radius 1 is 1.00 bits per heavy atom. The predicted molar refractivity (Wildman–Crippen MR) is 118 cm³/mol. The van der Waals surface area contributed by atoms with E-state index in [-0.39, 0.29) is 16.2 Å². The number of thiophene rings is 1. The van der Waals surface area contributed by atoms with Crippen LogP contribution >= 0.6 is 24.0 Å². The summed E-state index contributed by atoms with van der Waals surface area (Å²) in [4.78, 5) is -0.430. The van der Waals surface area contributed by atoms with Crippen LogP contribution in [-0.4, -0.2) is 24.9 Å². The molecule has 0 aliphatic heterocycles. The minimum Gasteiger partial charge on any atom is -0.496 e. The lowest BCUT2D eigenvalue weighted by Crippen LogP contribution is -2.48. The quantitative estimate of drug-likeness (QED) is 0.251. The van der Waals surface area contributed by atoms with E-state index in [1.54, 1.807) is 44.2 Å². The number of benzene rings is 1. The second-order valence-electron chi connectivity index (χ2n) is 7.97. The maximum absolute atomic E-state index is 15.1. The molecule has 2 atom stereocenters. The van der Waals surface area contributed by atoms with Gasteiger partial charge in [-0.05, 0) is 42.9 Å². The second-order valence-corrected chi connectivity index (χ2v) is 9.54. The Kier molecular flexibility index (Phi) is 6.56. The molecule has 0 saturated heterocycles. The summed E-state index contributed by atoms with van der Waals surface area (Å²) in [5.74, 6) is -20.8. The summed E-state index contributed by atoms with van der Waals surface area (Å²) in [5.41, 5.74) is 1.43. The SMILES string of the molecule is COc1cc(-c2ccccc2)sc1C1C(/C(S)=C(\C)C=C(C)C)C(F)(F)C(F)(F)C1(F)F. The number of halogens is 6. The Balaban J connectivity index is 2.29. The Morgan fingerprint density at radius 3 is 2.12 bits per heavy atom. The Morgan fingerprint density at radius 2 is 1.59 bits per heavy atom. The zero-order chi connectivity index (χ0) is 24.1. The van der Waals surface area contributed by atoms with Crippen LogP contribution < -0.4 is 4.74 Å². The number of rotatable bonds is 5. The summed E-state index contributed by atoms with van der Waals surface area (Å²) < 4.78 is 94.3. The van der Waals surface area contributed by atoms with Crippen molar-refractivity contribution < 1.29 is 31.1 Å². The van der Waals surface area contributed by atoms with Crippen molar-refractivity contribution in [2.45, 2.75) is 44.5 Å². The zero-order valence-electron chi connectivity index (χ0n) is 17.7. The van der Waals surface area contributed by atoms with Crippen molar-refractivity contribution in [1.29, 1.82) is 0 Å². The van der Waals surface area contributed by atoms with Gasteiger partial charge in [0.25, 0.3) is 0 Å². The van der Waals surface area contributed by atoms with Gasteiger partial charge in [-0.25, -0.2) is 0 Å². The first-order chi connectivity index (χ1) is 14.8. The van der Waals surface area contributed by atoms with Crippen molar-refractivity contribution >= 4 is 24.0 Å². The van der Waals surface area contributed by atoms with Crippen LogP contribution in [0.1, 0.15) is 31.6 Å². The molecule has 1 aromatic carbocycles. The van der Waals surface area contributed by atoms with Crippen LogP contribution in [0.2, 0.25) is 0 Å². The molecular weight excluding hydrogens is 470 g/mol. The summed E-state index contributed by atoms with van der Waals surface area (Å²) in [6.45, 7) is 4.73. The molecule has 1 aliphatic carbocycles. The molecule has 1 nitrogen and oxygen atoms in total. The molecule has 1 aromatic heterocycles. The molecular formula is C23H22F6OS2. The van der Waals surface area contributed by atoms with Crippen LogP contribution in [0.15, 0.2) is 58.5 Å². The smallest absolute Gasteiger partial charge is 0.373 e. The first kappa shape index (κ1) is 24.8. The maximum atomic E-state index is 15.1. The largest absolute Gasteiger partial charge is 0.496 e. The highest BCUT2D eigenvalue weighted by molar-refractivity contribution is 7.84. The van der Waals surface area contributed by atoms with Crippen LogP contribution in [0.4, 0.5) is 26.3 Å². The first-order valence-electron chi connectivity index (χ1n) is 9.68. The fourth-order valence-electron chi connectivity index (χ4n) is 3.94. The van der Waals surface area contributed by atoms with Gasteiger partial charge in [-0.3, -0.25) is 0 Å². The molecule has 174 valence electrons. The van der Waals surface area contributed by atoms with Crippen molar-refractivity contribution in [2.75, 3.05) is 7.11 Å². The average molecular weight is 493 g/mol. The van der Waals surface area contributed by atoms with E-state index in [0.717, 1.165) is 11.3 Å². The van der Waals surface area contributed by atoms with E-state index in [9.17, 15) is 17.6 Å². The van der Waals surface area contributed by atoms with Crippen molar-refractivity contribution in [3.05, 3.63) is 63.4 Å². The van der Waals surface area contributed by atoms with Gasteiger partial charge >= 0.3 is 17.8 Å². The Labute approximate surface area is 192 Å². The van der Waals surface area contributed by atoms with Crippen LogP contribution in [0.5, 0.6) is 5.75 Å². The van der Waals surface area contributed by atoms with Crippen LogP contribution in [0.25, 0.3) is 10.4 Å². The van der Waals surface area contributed by atoms with Crippen molar-refractivity contribution in [3.63, 3.8) is 0 Å². The highest BCUT2D eigenvalue weighted by Crippen LogP contribution is 2.69. The van der Waals surface area contributed by atoms with Gasteiger partial charge in [-0.2, -0.15) is 26.3 Å². The minimum atomic E-state index is -5.57. The summed E-state index contributed by atoms with van der Waals surface area (Å²) in [6.07, 6.45) is 1.45. The molecule has 1 aliphatic rings.